The summed E-state index contributed by atoms with van der Waals surface area (Å²) >= 11 is 6.64. The van der Waals surface area contributed by atoms with Gasteiger partial charge in [0.25, 0.3) is 0 Å². The van der Waals surface area contributed by atoms with Gasteiger partial charge in [0.1, 0.15) is 5.60 Å². The highest BCUT2D eigenvalue weighted by Gasteiger charge is 2.40. The third kappa shape index (κ3) is 5.96. The van der Waals surface area contributed by atoms with Gasteiger partial charge in [-0.1, -0.05) is 0 Å². The van der Waals surface area contributed by atoms with Crippen LogP contribution in [0.3, 0.4) is 0 Å². The first-order chi connectivity index (χ1) is 15.3. The fraction of sp³-hybridized carbons (Fsp3) is 0.545. The van der Waals surface area contributed by atoms with E-state index in [0.717, 1.165) is 8.95 Å². The molecule has 0 saturated carbocycles. The summed E-state index contributed by atoms with van der Waals surface area (Å²) in [6, 6.07) is 3.55. The SMILES string of the molecule is CCOc1ncc(Br)cc1C1(F)CCOC1.CCOc1ncc(Br)cc1C1(O)CCOC1. The molecular formula is C22H27Br2FN2O5. The largest absolute Gasteiger partial charge is 0.478 e. The lowest BCUT2D eigenvalue weighted by Gasteiger charge is -2.23. The van der Waals surface area contributed by atoms with Gasteiger partial charge in [0.2, 0.25) is 11.8 Å². The Kier molecular flexibility index (Phi) is 8.85. The summed E-state index contributed by atoms with van der Waals surface area (Å²) < 4.78 is 37.2. The monoisotopic (exact) mass is 576 g/mol. The van der Waals surface area contributed by atoms with Crippen LogP contribution >= 0.6 is 31.9 Å². The number of nitrogens with zero attached hydrogens (tertiary/aromatic N) is 2. The fourth-order valence-corrected chi connectivity index (χ4v) is 4.19. The molecule has 1 N–H and O–H groups in total. The van der Waals surface area contributed by atoms with E-state index in [2.05, 4.69) is 41.8 Å². The number of halogens is 3. The fourth-order valence-electron chi connectivity index (χ4n) is 3.53. The Morgan fingerprint density at radius 3 is 1.97 bits per heavy atom. The molecule has 176 valence electrons. The van der Waals surface area contributed by atoms with E-state index in [-0.39, 0.29) is 6.61 Å². The van der Waals surface area contributed by atoms with Gasteiger partial charge in [-0.2, -0.15) is 0 Å². The van der Waals surface area contributed by atoms with Crippen LogP contribution in [0.15, 0.2) is 33.5 Å². The first-order valence-corrected chi connectivity index (χ1v) is 12.0. The molecule has 2 aliphatic heterocycles. The minimum atomic E-state index is -1.47. The average Bonchev–Trinajstić information content (AvgIpc) is 3.41. The van der Waals surface area contributed by atoms with E-state index in [0.29, 0.717) is 68.8 Å². The number of pyridine rings is 2. The topological polar surface area (TPSA) is 82.9 Å². The Morgan fingerprint density at radius 1 is 0.938 bits per heavy atom. The molecule has 4 rings (SSSR count). The predicted octanol–water partition coefficient (Wildman–Crippen LogP) is 4.68. The number of aromatic nitrogens is 2. The van der Waals surface area contributed by atoms with Crippen LogP contribution in [-0.2, 0) is 20.7 Å². The Hall–Kier alpha value is -1.33. The van der Waals surface area contributed by atoms with E-state index < -0.39 is 11.3 Å². The van der Waals surface area contributed by atoms with E-state index in [1.54, 1.807) is 18.5 Å². The number of ether oxygens (including phenoxy) is 4. The third-order valence-electron chi connectivity index (χ3n) is 5.16. The molecule has 4 heterocycles. The lowest BCUT2D eigenvalue weighted by Crippen LogP contribution is -2.27. The van der Waals surface area contributed by atoms with E-state index >= 15 is 0 Å². The van der Waals surface area contributed by atoms with Crippen molar-refractivity contribution in [1.29, 1.82) is 0 Å². The number of hydrogen-bond donors (Lipinski definition) is 1. The van der Waals surface area contributed by atoms with Gasteiger partial charge in [-0.25, -0.2) is 14.4 Å². The van der Waals surface area contributed by atoms with Crippen LogP contribution in [0.4, 0.5) is 4.39 Å². The standard InChI is InChI=1S/C11H13BrFNO2.C11H14BrNO3/c1-2-16-10-9(5-8(12)6-14-10)11(13)3-4-15-7-11;1-2-16-10-9(5-8(12)6-13-10)11(14)3-4-15-7-11/h5-6H,2-4,7H2,1H3;5-6,14H,2-4,7H2,1H3. The molecule has 0 spiro atoms. The second-order valence-electron chi connectivity index (χ2n) is 7.48. The minimum Gasteiger partial charge on any atom is -0.478 e. The molecule has 2 atom stereocenters. The number of hydrogen-bond acceptors (Lipinski definition) is 7. The molecule has 0 radical (unpaired) electrons. The van der Waals surface area contributed by atoms with Gasteiger partial charge in [0.05, 0.1) is 38.6 Å². The maximum atomic E-state index is 14.5. The van der Waals surface area contributed by atoms with Crippen LogP contribution in [-0.4, -0.2) is 54.7 Å². The summed E-state index contributed by atoms with van der Waals surface area (Å²) in [4.78, 5) is 8.27. The summed E-state index contributed by atoms with van der Waals surface area (Å²) in [7, 11) is 0. The highest BCUT2D eigenvalue weighted by molar-refractivity contribution is 9.10. The second kappa shape index (κ2) is 11.2. The Labute approximate surface area is 203 Å². The number of alkyl halides is 1. The van der Waals surface area contributed by atoms with Gasteiger partial charge < -0.3 is 24.1 Å². The van der Waals surface area contributed by atoms with Crippen molar-refractivity contribution in [3.05, 3.63) is 44.6 Å². The zero-order valence-corrected chi connectivity index (χ0v) is 21.2. The van der Waals surface area contributed by atoms with E-state index in [1.165, 1.54) is 0 Å². The van der Waals surface area contributed by atoms with Gasteiger partial charge in [-0.05, 0) is 57.8 Å². The van der Waals surface area contributed by atoms with Gasteiger partial charge in [0.15, 0.2) is 5.67 Å². The van der Waals surface area contributed by atoms with Crippen LogP contribution in [0.1, 0.15) is 37.8 Å². The lowest BCUT2D eigenvalue weighted by atomic mass is 9.94. The van der Waals surface area contributed by atoms with Crippen LogP contribution < -0.4 is 9.47 Å². The van der Waals surface area contributed by atoms with Gasteiger partial charge in [-0.15, -0.1) is 0 Å². The maximum Gasteiger partial charge on any atom is 0.219 e. The Bertz CT molecular complexity index is 832. The van der Waals surface area contributed by atoms with Crippen LogP contribution in [0.2, 0.25) is 0 Å². The smallest absolute Gasteiger partial charge is 0.219 e. The van der Waals surface area contributed by atoms with Crippen molar-refractivity contribution in [2.45, 2.75) is 38.0 Å². The number of aliphatic hydroxyl groups is 1. The van der Waals surface area contributed by atoms with Gasteiger partial charge in [0, 0.05) is 46.4 Å². The molecule has 2 unspecified atom stereocenters. The highest BCUT2D eigenvalue weighted by Crippen LogP contribution is 2.40. The first kappa shape index (κ1) is 25.3. The predicted molar refractivity (Wildman–Crippen MR) is 124 cm³/mol. The molecule has 2 aromatic heterocycles. The molecule has 7 nitrogen and oxygen atoms in total. The molecule has 32 heavy (non-hydrogen) atoms. The molecule has 0 aromatic carbocycles. The van der Waals surface area contributed by atoms with E-state index in [4.69, 9.17) is 18.9 Å². The van der Waals surface area contributed by atoms with E-state index in [1.807, 2.05) is 19.9 Å². The molecule has 2 aromatic rings. The molecule has 0 aliphatic carbocycles. The summed E-state index contributed by atoms with van der Waals surface area (Å²) in [6.07, 6.45) is 4.19. The molecule has 10 heteroatoms. The maximum absolute atomic E-state index is 14.5. The molecule has 2 aliphatic rings. The van der Waals surface area contributed by atoms with Crippen molar-refractivity contribution in [1.82, 2.24) is 9.97 Å². The zero-order chi connectivity index (χ0) is 23.2. The normalized spacial score (nSPS) is 24.7. The Morgan fingerprint density at radius 2 is 1.47 bits per heavy atom. The van der Waals surface area contributed by atoms with Crippen LogP contribution in [0.5, 0.6) is 11.8 Å². The van der Waals surface area contributed by atoms with Crippen LogP contribution in [0, 0.1) is 0 Å². The minimum absolute atomic E-state index is 0.0746. The molecule has 2 fully saturated rings. The van der Waals surface area contributed by atoms with Gasteiger partial charge >= 0.3 is 0 Å². The number of rotatable bonds is 6. The highest BCUT2D eigenvalue weighted by atomic mass is 79.9. The summed E-state index contributed by atoms with van der Waals surface area (Å²) in [5, 5.41) is 10.4. The van der Waals surface area contributed by atoms with Crippen LogP contribution in [0.25, 0.3) is 0 Å². The zero-order valence-electron chi connectivity index (χ0n) is 18.1. The van der Waals surface area contributed by atoms with Crippen molar-refractivity contribution in [2.75, 3.05) is 39.6 Å². The average molecular weight is 578 g/mol. The lowest BCUT2D eigenvalue weighted by molar-refractivity contribution is 0.0202. The van der Waals surface area contributed by atoms with Gasteiger partial charge in [-0.3, -0.25) is 0 Å². The Balaban J connectivity index is 0.000000181. The van der Waals surface area contributed by atoms with Crippen molar-refractivity contribution >= 4 is 31.9 Å². The summed E-state index contributed by atoms with van der Waals surface area (Å²) in [5.41, 5.74) is -1.27. The van der Waals surface area contributed by atoms with E-state index in [9.17, 15) is 9.50 Å². The quantitative estimate of drug-likeness (QED) is 0.534. The van der Waals surface area contributed by atoms with Crippen molar-refractivity contribution in [2.24, 2.45) is 0 Å². The summed E-state index contributed by atoms with van der Waals surface area (Å²) in [6.45, 7) is 6.11. The third-order valence-corrected chi connectivity index (χ3v) is 6.02. The molecule has 2 saturated heterocycles. The molecular weight excluding hydrogens is 551 g/mol. The molecule has 0 amide bonds. The second-order valence-corrected chi connectivity index (χ2v) is 9.31. The van der Waals surface area contributed by atoms with Crippen molar-refractivity contribution in [3.8, 4) is 11.8 Å². The first-order valence-electron chi connectivity index (χ1n) is 10.5. The van der Waals surface area contributed by atoms with Crippen molar-refractivity contribution in [3.63, 3.8) is 0 Å². The van der Waals surface area contributed by atoms with Crippen molar-refractivity contribution < 1.29 is 28.4 Å². The summed E-state index contributed by atoms with van der Waals surface area (Å²) in [5.74, 6) is 0.845. The molecule has 0 bridgehead atoms.